The van der Waals surface area contributed by atoms with Crippen molar-refractivity contribution in [3.05, 3.63) is 125 Å². The van der Waals surface area contributed by atoms with Gasteiger partial charge in [-0.05, 0) is 117 Å². The first-order chi connectivity index (χ1) is 34.2. The molecule has 9 rings (SSSR count). The van der Waals surface area contributed by atoms with Crippen LogP contribution in [-0.4, -0.2) is 92.9 Å². The minimum atomic E-state index is -0.889. The summed E-state index contributed by atoms with van der Waals surface area (Å²) < 4.78 is 45.7. The van der Waals surface area contributed by atoms with E-state index in [2.05, 4.69) is 39.8 Å². The van der Waals surface area contributed by atoms with Gasteiger partial charge in [-0.3, -0.25) is 9.59 Å². The van der Waals surface area contributed by atoms with Crippen molar-refractivity contribution < 1.29 is 32.6 Å². The lowest BCUT2D eigenvalue weighted by Gasteiger charge is -2.39. The van der Waals surface area contributed by atoms with E-state index in [4.69, 9.17) is 29.2 Å². The molecule has 376 valence electrons. The first-order valence-electron chi connectivity index (χ1n) is 24.6. The van der Waals surface area contributed by atoms with Gasteiger partial charge in [-0.2, -0.15) is 0 Å². The number of carbonyl (C=O) groups excluding carboxylic acids is 2. The number of aromatic nitrogens is 6. The van der Waals surface area contributed by atoms with E-state index < -0.39 is 11.4 Å². The fraction of sp³-hybridized carbons (Fsp3) is 0.404. The van der Waals surface area contributed by atoms with Crippen LogP contribution in [0.15, 0.2) is 79.4 Å². The molecule has 7 heterocycles. The molecule has 0 saturated carbocycles. The number of anilines is 2. The van der Waals surface area contributed by atoms with Crippen molar-refractivity contribution in [1.29, 1.82) is 0 Å². The second-order valence-corrected chi connectivity index (χ2v) is 20.6. The van der Waals surface area contributed by atoms with Crippen molar-refractivity contribution in [2.45, 2.75) is 123 Å². The molecule has 1 saturated heterocycles. The third-order valence-electron chi connectivity index (χ3n) is 12.8. The second kappa shape index (κ2) is 21.1. The highest BCUT2D eigenvalue weighted by Crippen LogP contribution is 2.43. The van der Waals surface area contributed by atoms with Gasteiger partial charge < -0.3 is 24.0 Å². The molecule has 0 spiro atoms. The first-order valence-corrected chi connectivity index (χ1v) is 24.6. The number of hydrogen-bond donors (Lipinski definition) is 0. The van der Waals surface area contributed by atoms with E-state index in [1.54, 1.807) is 36.9 Å². The van der Waals surface area contributed by atoms with E-state index in [1.165, 1.54) is 24.3 Å². The summed E-state index contributed by atoms with van der Waals surface area (Å²) in [4.78, 5) is 57.5. The van der Waals surface area contributed by atoms with Crippen molar-refractivity contribution in [3.8, 4) is 45.0 Å². The summed E-state index contributed by atoms with van der Waals surface area (Å²) in [6.45, 7) is 19.0. The summed E-state index contributed by atoms with van der Waals surface area (Å²) in [5.41, 5.74) is 11.1. The molecule has 0 radical (unpaired) electrons. The van der Waals surface area contributed by atoms with Crippen molar-refractivity contribution in [2.75, 3.05) is 37.0 Å². The maximum Gasteiger partial charge on any atom is 0.308 e. The SMILES string of the molecule is CC(C)c1nc2c(c(-c3ccc(F)cc3)c1/C=C/[C@@H]1C[C@H](CC(=O)OC(C)(C)C)OC(C)(C)O1)CCN(C)c1nccnc1-2.CC(C)c1nc2c(c(-c3ccc(F)cc3)c1C=O)CCN(C)c1nccnc1-2. The molecule has 3 aliphatic rings. The Labute approximate surface area is 421 Å². The van der Waals surface area contributed by atoms with Gasteiger partial charge in [0.15, 0.2) is 23.7 Å². The van der Waals surface area contributed by atoms with Crippen LogP contribution in [0, 0.1) is 11.6 Å². The number of carbonyl (C=O) groups is 2. The molecule has 15 heteroatoms. The van der Waals surface area contributed by atoms with Crippen LogP contribution < -0.4 is 9.80 Å². The predicted octanol–water partition coefficient (Wildman–Crippen LogP) is 11.4. The molecule has 2 atom stereocenters. The molecule has 0 bridgehead atoms. The Balaban J connectivity index is 0.000000212. The topological polar surface area (TPSA) is 146 Å². The van der Waals surface area contributed by atoms with Gasteiger partial charge in [-0.1, -0.05) is 64.1 Å². The van der Waals surface area contributed by atoms with E-state index in [0.717, 1.165) is 86.2 Å². The van der Waals surface area contributed by atoms with E-state index in [-0.39, 0.29) is 48.1 Å². The maximum atomic E-state index is 14.1. The highest BCUT2D eigenvalue weighted by molar-refractivity contribution is 5.94. The van der Waals surface area contributed by atoms with E-state index in [0.29, 0.717) is 42.8 Å². The molecule has 2 aromatic carbocycles. The number of aldehydes is 1. The molecule has 0 aliphatic carbocycles. The zero-order valence-corrected chi connectivity index (χ0v) is 43.1. The quantitative estimate of drug-likeness (QED) is 0.100. The highest BCUT2D eigenvalue weighted by Gasteiger charge is 2.37. The lowest BCUT2D eigenvalue weighted by atomic mass is 9.87. The minimum absolute atomic E-state index is 0.0470. The molecule has 0 unspecified atom stereocenters. The molecule has 13 nitrogen and oxygen atoms in total. The third-order valence-corrected chi connectivity index (χ3v) is 12.8. The Morgan fingerprint density at radius 1 is 0.722 bits per heavy atom. The Kier molecular flexibility index (Phi) is 15.1. The van der Waals surface area contributed by atoms with Crippen molar-refractivity contribution in [3.63, 3.8) is 0 Å². The predicted molar refractivity (Wildman–Crippen MR) is 277 cm³/mol. The maximum absolute atomic E-state index is 14.1. The molecule has 1 fully saturated rings. The van der Waals surface area contributed by atoms with Crippen LogP contribution in [0.25, 0.3) is 51.1 Å². The summed E-state index contributed by atoms with van der Waals surface area (Å²) in [6, 6.07) is 12.9. The van der Waals surface area contributed by atoms with Gasteiger partial charge in [-0.15, -0.1) is 0 Å². The summed E-state index contributed by atoms with van der Waals surface area (Å²) in [6.07, 6.45) is 13.1. The molecular formula is C57H64F2N8O5. The summed E-state index contributed by atoms with van der Waals surface area (Å²) >= 11 is 0. The summed E-state index contributed by atoms with van der Waals surface area (Å²) in [5, 5.41) is 0. The van der Waals surface area contributed by atoms with Crippen LogP contribution in [0.5, 0.6) is 0 Å². The lowest BCUT2D eigenvalue weighted by Crippen LogP contribution is -2.45. The zero-order valence-electron chi connectivity index (χ0n) is 43.1. The van der Waals surface area contributed by atoms with Crippen LogP contribution >= 0.6 is 0 Å². The molecule has 4 aromatic heterocycles. The van der Waals surface area contributed by atoms with Gasteiger partial charge in [0.25, 0.3) is 0 Å². The normalized spacial score (nSPS) is 17.3. The van der Waals surface area contributed by atoms with Crippen molar-refractivity contribution in [1.82, 2.24) is 29.9 Å². The molecule has 0 N–H and O–H groups in total. The summed E-state index contributed by atoms with van der Waals surface area (Å²) in [7, 11) is 3.99. The lowest BCUT2D eigenvalue weighted by molar-refractivity contribution is -0.290. The first kappa shape index (κ1) is 51.5. The van der Waals surface area contributed by atoms with Crippen LogP contribution in [0.2, 0.25) is 0 Å². The fourth-order valence-electron chi connectivity index (χ4n) is 9.74. The third kappa shape index (κ3) is 11.3. The van der Waals surface area contributed by atoms with Crippen LogP contribution in [-0.2, 0) is 31.8 Å². The zero-order chi connectivity index (χ0) is 51.6. The van der Waals surface area contributed by atoms with Crippen molar-refractivity contribution >= 4 is 30.0 Å². The molecule has 6 aromatic rings. The van der Waals surface area contributed by atoms with E-state index in [9.17, 15) is 18.4 Å². The highest BCUT2D eigenvalue weighted by atomic mass is 19.1. The summed E-state index contributed by atoms with van der Waals surface area (Å²) in [5.74, 6) is -0.107. The average Bonchev–Trinajstić information content (AvgIpc) is 3.56. The number of hydrogen-bond acceptors (Lipinski definition) is 13. The monoisotopic (exact) mass is 978 g/mol. The minimum Gasteiger partial charge on any atom is -0.460 e. The Hall–Kier alpha value is -6.84. The van der Waals surface area contributed by atoms with Gasteiger partial charge in [0.05, 0.1) is 41.4 Å². The van der Waals surface area contributed by atoms with E-state index in [1.807, 2.05) is 85.7 Å². The number of pyridine rings is 2. The van der Waals surface area contributed by atoms with Crippen LogP contribution in [0.4, 0.5) is 20.4 Å². The number of nitrogens with zero attached hydrogens (tertiary/aromatic N) is 8. The molecule has 0 amide bonds. The Bertz CT molecular complexity index is 2990. The average molecular weight is 979 g/mol. The number of benzene rings is 2. The number of fused-ring (bicyclic) bond motifs is 6. The van der Waals surface area contributed by atoms with Crippen molar-refractivity contribution in [2.24, 2.45) is 0 Å². The largest absolute Gasteiger partial charge is 0.460 e. The van der Waals surface area contributed by atoms with Gasteiger partial charge in [-0.25, -0.2) is 38.7 Å². The smallest absolute Gasteiger partial charge is 0.308 e. The molecule has 3 aliphatic heterocycles. The standard InChI is InChI=1S/C35H43FN4O4.C22H21FN4O/c1-21(2)30-26(14-13-24-19-25(43-35(6,7)42-24)20-28(41)44-34(3,4)5)29(22-9-11-23(36)12-10-22)27-15-18-40(8)33-32(31(27)39-30)37-16-17-38-33;1-13(2)19-17(12-28)18(14-4-6-15(23)7-5-14)16-8-11-27(3)22-21(20(16)26-19)24-9-10-25-22/h9-14,16-17,21,24-25H,15,18-20H2,1-8H3;4-7,9-10,12-13H,8,11H2,1-3H3/b14-13+;/t24-,25-;/m1./s1. The Morgan fingerprint density at radius 3 is 1.64 bits per heavy atom. The van der Waals surface area contributed by atoms with Gasteiger partial charge >= 0.3 is 5.97 Å². The molecular weight excluding hydrogens is 915 g/mol. The second-order valence-electron chi connectivity index (χ2n) is 20.6. The van der Waals surface area contributed by atoms with E-state index >= 15 is 0 Å². The van der Waals surface area contributed by atoms with Gasteiger partial charge in [0, 0.05) is 69.5 Å². The number of ether oxygens (including phenoxy) is 3. The number of esters is 1. The Morgan fingerprint density at radius 2 is 1.18 bits per heavy atom. The van der Waals surface area contributed by atoms with Gasteiger partial charge in [0.1, 0.15) is 28.6 Å². The molecule has 72 heavy (non-hydrogen) atoms. The van der Waals surface area contributed by atoms with Gasteiger partial charge in [0.2, 0.25) is 0 Å². The fourth-order valence-corrected chi connectivity index (χ4v) is 9.74. The number of rotatable bonds is 9. The number of likely N-dealkylation sites (N-methyl/N-ethyl adjacent to an activating group) is 2. The van der Waals surface area contributed by atoms with Crippen LogP contribution in [0.3, 0.4) is 0 Å². The van der Waals surface area contributed by atoms with Crippen LogP contribution in [0.1, 0.15) is 125 Å². The number of halogens is 2.